The van der Waals surface area contributed by atoms with Crippen LogP contribution in [0.4, 0.5) is 0 Å². The van der Waals surface area contributed by atoms with Crippen LogP contribution in [0.1, 0.15) is 23.8 Å². The maximum atomic E-state index is 12.0. The molecule has 15 heavy (non-hydrogen) atoms. The number of nitrogens with zero attached hydrogens (tertiary/aromatic N) is 2. The summed E-state index contributed by atoms with van der Waals surface area (Å²) in [5.41, 5.74) is 0.575. The average molecular weight is 206 g/mol. The molecule has 0 aliphatic heterocycles. The zero-order chi connectivity index (χ0) is 11.3. The van der Waals surface area contributed by atoms with Gasteiger partial charge in [-0.25, -0.2) is 0 Å². The maximum absolute atomic E-state index is 12.0. The van der Waals surface area contributed by atoms with Gasteiger partial charge >= 0.3 is 0 Å². The van der Waals surface area contributed by atoms with Crippen LogP contribution in [0.25, 0.3) is 0 Å². The van der Waals surface area contributed by atoms with Gasteiger partial charge in [0.1, 0.15) is 5.69 Å². The molecule has 0 saturated carbocycles. The van der Waals surface area contributed by atoms with Crippen LogP contribution in [0.15, 0.2) is 24.4 Å². The van der Waals surface area contributed by atoms with Gasteiger partial charge in [-0.2, -0.15) is 0 Å². The van der Waals surface area contributed by atoms with E-state index in [0.717, 1.165) is 13.0 Å². The Balaban J connectivity index is 2.74. The lowest BCUT2D eigenvalue weighted by molar-refractivity contribution is 0.0888. The van der Waals surface area contributed by atoms with Crippen LogP contribution in [-0.2, 0) is 0 Å². The van der Waals surface area contributed by atoms with E-state index in [0.29, 0.717) is 5.69 Å². The second-order valence-corrected chi connectivity index (χ2v) is 3.95. The van der Waals surface area contributed by atoms with Crippen LogP contribution in [0.2, 0.25) is 0 Å². The molecule has 0 aliphatic carbocycles. The van der Waals surface area contributed by atoms with E-state index < -0.39 is 0 Å². The molecule has 1 aromatic heterocycles. The van der Waals surface area contributed by atoms with Gasteiger partial charge in [0.25, 0.3) is 0 Å². The van der Waals surface area contributed by atoms with Crippen molar-refractivity contribution in [2.24, 2.45) is 5.92 Å². The van der Waals surface area contributed by atoms with Crippen molar-refractivity contribution in [2.45, 2.75) is 13.3 Å². The molecule has 82 valence electrons. The molecule has 0 fully saturated rings. The Morgan fingerprint density at radius 2 is 2.20 bits per heavy atom. The SMILES string of the molecule is CCC(CN(C)C)C(=O)c1ccccn1. The molecule has 1 rings (SSSR count). The van der Waals surface area contributed by atoms with Gasteiger partial charge in [0, 0.05) is 18.7 Å². The summed E-state index contributed by atoms with van der Waals surface area (Å²) in [4.78, 5) is 18.1. The van der Waals surface area contributed by atoms with E-state index in [4.69, 9.17) is 0 Å². The molecule has 0 bridgehead atoms. The largest absolute Gasteiger partial charge is 0.309 e. The minimum absolute atomic E-state index is 0.0508. The van der Waals surface area contributed by atoms with Crippen LogP contribution in [0.5, 0.6) is 0 Å². The van der Waals surface area contributed by atoms with Crippen molar-refractivity contribution in [1.82, 2.24) is 9.88 Å². The number of pyridine rings is 1. The summed E-state index contributed by atoms with van der Waals surface area (Å²) in [6, 6.07) is 5.45. The monoisotopic (exact) mass is 206 g/mol. The first-order valence-corrected chi connectivity index (χ1v) is 5.25. The lowest BCUT2D eigenvalue weighted by atomic mass is 9.98. The fourth-order valence-electron chi connectivity index (χ4n) is 1.56. The van der Waals surface area contributed by atoms with Gasteiger partial charge in [0.15, 0.2) is 5.78 Å². The molecule has 0 aromatic carbocycles. The first-order valence-electron chi connectivity index (χ1n) is 5.25. The quantitative estimate of drug-likeness (QED) is 0.689. The highest BCUT2D eigenvalue weighted by atomic mass is 16.1. The van der Waals surface area contributed by atoms with Gasteiger partial charge in [0.05, 0.1) is 0 Å². The third kappa shape index (κ3) is 3.44. The van der Waals surface area contributed by atoms with Gasteiger partial charge < -0.3 is 4.90 Å². The van der Waals surface area contributed by atoms with Crippen LogP contribution in [0, 0.1) is 5.92 Å². The minimum Gasteiger partial charge on any atom is -0.309 e. The van der Waals surface area contributed by atoms with E-state index in [9.17, 15) is 4.79 Å². The van der Waals surface area contributed by atoms with Crippen molar-refractivity contribution < 1.29 is 4.79 Å². The van der Waals surface area contributed by atoms with E-state index in [1.807, 2.05) is 38.1 Å². The molecule has 0 saturated heterocycles. The van der Waals surface area contributed by atoms with E-state index in [1.165, 1.54) is 0 Å². The molecule has 0 N–H and O–H groups in total. The maximum Gasteiger partial charge on any atom is 0.185 e. The van der Waals surface area contributed by atoms with Crippen molar-refractivity contribution in [3.8, 4) is 0 Å². The number of hydrogen-bond acceptors (Lipinski definition) is 3. The molecule has 3 nitrogen and oxygen atoms in total. The number of hydrogen-bond donors (Lipinski definition) is 0. The van der Waals surface area contributed by atoms with Gasteiger partial charge in [0.2, 0.25) is 0 Å². The average Bonchev–Trinajstić information content (AvgIpc) is 2.26. The predicted octanol–water partition coefficient (Wildman–Crippen LogP) is 1.85. The van der Waals surface area contributed by atoms with E-state index in [-0.39, 0.29) is 11.7 Å². The Kier molecular flexibility index (Phi) is 4.43. The molecule has 0 aliphatic rings. The first kappa shape index (κ1) is 11.9. The van der Waals surface area contributed by atoms with E-state index in [1.54, 1.807) is 12.3 Å². The zero-order valence-corrected chi connectivity index (χ0v) is 9.60. The zero-order valence-electron chi connectivity index (χ0n) is 9.60. The summed E-state index contributed by atoms with van der Waals surface area (Å²) in [5, 5.41) is 0. The number of ketones is 1. The van der Waals surface area contributed by atoms with E-state index in [2.05, 4.69) is 4.98 Å². The second kappa shape index (κ2) is 5.61. The van der Waals surface area contributed by atoms with Gasteiger partial charge in [-0.1, -0.05) is 13.0 Å². The van der Waals surface area contributed by atoms with Crippen LogP contribution in [-0.4, -0.2) is 36.3 Å². The molecule has 0 amide bonds. The lowest BCUT2D eigenvalue weighted by Gasteiger charge is -2.17. The second-order valence-electron chi connectivity index (χ2n) is 3.95. The van der Waals surface area contributed by atoms with Crippen molar-refractivity contribution in [2.75, 3.05) is 20.6 Å². The standard InChI is InChI=1S/C12H18N2O/c1-4-10(9-14(2)3)12(15)11-7-5-6-8-13-11/h5-8,10H,4,9H2,1-3H3. The molecule has 1 atom stereocenters. The van der Waals surface area contributed by atoms with Gasteiger partial charge in [-0.15, -0.1) is 0 Å². The van der Waals surface area contributed by atoms with Crippen molar-refractivity contribution >= 4 is 5.78 Å². The fraction of sp³-hybridized carbons (Fsp3) is 0.500. The number of aromatic nitrogens is 1. The molecule has 0 radical (unpaired) electrons. The van der Waals surface area contributed by atoms with Crippen LogP contribution in [0.3, 0.4) is 0 Å². The summed E-state index contributed by atoms with van der Waals surface area (Å²) in [6.45, 7) is 2.82. The highest BCUT2D eigenvalue weighted by Crippen LogP contribution is 2.11. The van der Waals surface area contributed by atoms with Gasteiger partial charge in [-0.05, 0) is 32.6 Å². The van der Waals surface area contributed by atoms with Crippen molar-refractivity contribution in [3.05, 3.63) is 30.1 Å². The van der Waals surface area contributed by atoms with Crippen LogP contribution >= 0.6 is 0 Å². The number of Topliss-reactive ketones (excluding diaryl/α,β-unsaturated/α-hetero) is 1. The summed E-state index contributed by atoms with van der Waals surface area (Å²) >= 11 is 0. The fourth-order valence-corrected chi connectivity index (χ4v) is 1.56. The summed E-state index contributed by atoms with van der Waals surface area (Å²) in [7, 11) is 3.96. The minimum atomic E-state index is 0.0508. The summed E-state index contributed by atoms with van der Waals surface area (Å²) in [6.07, 6.45) is 2.52. The number of carbonyl (C=O) groups is 1. The first-order chi connectivity index (χ1) is 7.15. The lowest BCUT2D eigenvalue weighted by Crippen LogP contribution is -2.27. The highest BCUT2D eigenvalue weighted by Gasteiger charge is 2.19. The normalized spacial score (nSPS) is 12.8. The predicted molar refractivity (Wildman–Crippen MR) is 60.9 cm³/mol. The van der Waals surface area contributed by atoms with E-state index >= 15 is 0 Å². The molecule has 1 heterocycles. The molecular weight excluding hydrogens is 188 g/mol. The number of rotatable bonds is 5. The Bertz CT molecular complexity index is 309. The van der Waals surface area contributed by atoms with Crippen molar-refractivity contribution in [3.63, 3.8) is 0 Å². The molecular formula is C12H18N2O. The Labute approximate surface area is 91.1 Å². The smallest absolute Gasteiger partial charge is 0.185 e. The summed E-state index contributed by atoms with van der Waals surface area (Å²) in [5.74, 6) is 0.196. The molecule has 1 unspecified atom stereocenters. The number of carbonyl (C=O) groups excluding carboxylic acids is 1. The Hall–Kier alpha value is -1.22. The molecule has 0 spiro atoms. The Morgan fingerprint density at radius 1 is 1.47 bits per heavy atom. The van der Waals surface area contributed by atoms with Gasteiger partial charge in [-0.3, -0.25) is 9.78 Å². The third-order valence-electron chi connectivity index (χ3n) is 2.37. The topological polar surface area (TPSA) is 33.2 Å². The Morgan fingerprint density at radius 3 is 2.67 bits per heavy atom. The molecule has 1 aromatic rings. The summed E-state index contributed by atoms with van der Waals surface area (Å²) < 4.78 is 0. The van der Waals surface area contributed by atoms with Crippen LogP contribution < -0.4 is 0 Å². The third-order valence-corrected chi connectivity index (χ3v) is 2.37. The molecule has 3 heteroatoms. The highest BCUT2D eigenvalue weighted by molar-refractivity contribution is 5.96. The van der Waals surface area contributed by atoms with Crippen molar-refractivity contribution in [1.29, 1.82) is 0 Å².